The smallest absolute Gasteiger partial charge is 0.237 e. The largest absolute Gasteiger partial charge is 0.464 e. The maximum Gasteiger partial charge on any atom is 0.237 e. The first-order chi connectivity index (χ1) is 12.3. The van der Waals surface area contributed by atoms with Gasteiger partial charge in [-0.25, -0.2) is 0 Å². The van der Waals surface area contributed by atoms with Crippen molar-refractivity contribution in [2.24, 2.45) is 5.92 Å². The Morgan fingerprint density at radius 1 is 1.27 bits per heavy atom. The summed E-state index contributed by atoms with van der Waals surface area (Å²) in [5.41, 5.74) is 2.22. The number of piperidine rings is 1. The number of amides is 1. The third-order valence-corrected chi connectivity index (χ3v) is 5.50. The van der Waals surface area contributed by atoms with Crippen LogP contribution in [0.2, 0.25) is 0 Å². The van der Waals surface area contributed by atoms with Gasteiger partial charge in [-0.1, -0.05) is 18.2 Å². The molecule has 0 saturated carbocycles. The van der Waals surface area contributed by atoms with Crippen molar-refractivity contribution in [2.75, 3.05) is 26.2 Å². The molecule has 0 radical (unpaired) electrons. The summed E-state index contributed by atoms with van der Waals surface area (Å²) in [6.07, 6.45) is 6.35. The summed E-state index contributed by atoms with van der Waals surface area (Å²) in [5.74, 6) is 0.715. The number of rotatable bonds is 5. The second-order valence-corrected chi connectivity index (χ2v) is 7.39. The number of hydrogen-bond acceptors (Lipinski definition) is 4. The number of nitrogens with zero attached hydrogens (tertiary/aromatic N) is 1. The molecule has 1 aromatic heterocycles. The Balaban J connectivity index is 0.00000196. The van der Waals surface area contributed by atoms with Gasteiger partial charge < -0.3 is 15.1 Å². The minimum atomic E-state index is 0. The molecule has 2 fully saturated rings. The molecule has 2 unspecified atom stereocenters. The number of hydrogen-bond donors (Lipinski definition) is 2. The van der Waals surface area contributed by atoms with E-state index in [4.69, 9.17) is 4.42 Å². The molecule has 6 heteroatoms. The Bertz CT molecular complexity index is 727. The molecule has 0 spiro atoms. The summed E-state index contributed by atoms with van der Waals surface area (Å²) >= 11 is 0. The fourth-order valence-corrected chi connectivity index (χ4v) is 4.13. The molecular weight excluding hydrogens is 350 g/mol. The Morgan fingerprint density at radius 2 is 2.15 bits per heavy atom. The van der Waals surface area contributed by atoms with Crippen molar-refractivity contribution in [2.45, 2.75) is 38.3 Å². The average molecular weight is 378 g/mol. The zero-order valence-electron chi connectivity index (χ0n) is 15.1. The van der Waals surface area contributed by atoms with E-state index in [1.807, 2.05) is 18.4 Å². The van der Waals surface area contributed by atoms with E-state index in [1.54, 1.807) is 0 Å². The van der Waals surface area contributed by atoms with Crippen molar-refractivity contribution < 1.29 is 9.21 Å². The first-order valence-electron chi connectivity index (χ1n) is 9.48. The summed E-state index contributed by atoms with van der Waals surface area (Å²) in [4.78, 5) is 14.7. The van der Waals surface area contributed by atoms with Gasteiger partial charge in [-0.2, -0.15) is 0 Å². The molecule has 0 bridgehead atoms. The highest BCUT2D eigenvalue weighted by Gasteiger charge is 2.25. The zero-order valence-corrected chi connectivity index (χ0v) is 15.9. The number of furan rings is 1. The minimum Gasteiger partial charge on any atom is -0.464 e. The number of halogens is 1. The van der Waals surface area contributed by atoms with E-state index >= 15 is 0 Å². The van der Waals surface area contributed by atoms with Gasteiger partial charge in [0.2, 0.25) is 5.91 Å². The maximum atomic E-state index is 12.2. The predicted octanol–water partition coefficient (Wildman–Crippen LogP) is 2.93. The number of carbonyl (C=O) groups excluding carboxylic acids is 1. The molecule has 2 N–H and O–H groups in total. The molecule has 5 nitrogen and oxygen atoms in total. The van der Waals surface area contributed by atoms with Gasteiger partial charge >= 0.3 is 0 Å². The van der Waals surface area contributed by atoms with Crippen molar-refractivity contribution in [3.8, 4) is 0 Å². The van der Waals surface area contributed by atoms with Crippen LogP contribution in [0.1, 0.15) is 31.2 Å². The van der Waals surface area contributed by atoms with Gasteiger partial charge in [0.05, 0.1) is 12.3 Å². The number of carbonyl (C=O) groups is 1. The minimum absolute atomic E-state index is 0. The number of nitrogens with one attached hydrogen (secondary N) is 2. The Labute approximate surface area is 160 Å². The molecule has 142 valence electrons. The SMILES string of the molecule is Cl.O=C(NCC1CCCN(Cc2coc3ccccc23)C1)C1CCCN1. The second kappa shape index (κ2) is 8.89. The van der Waals surface area contributed by atoms with Crippen LogP contribution in [0.3, 0.4) is 0 Å². The highest BCUT2D eigenvalue weighted by Crippen LogP contribution is 2.24. The molecule has 26 heavy (non-hydrogen) atoms. The van der Waals surface area contributed by atoms with Gasteiger partial charge in [0.25, 0.3) is 0 Å². The quantitative estimate of drug-likeness (QED) is 0.841. The van der Waals surface area contributed by atoms with Gasteiger partial charge in [-0.05, 0) is 50.8 Å². The molecular formula is C20H28ClN3O2. The van der Waals surface area contributed by atoms with Crippen LogP contribution < -0.4 is 10.6 Å². The summed E-state index contributed by atoms with van der Waals surface area (Å²) < 4.78 is 5.66. The predicted molar refractivity (Wildman–Crippen MR) is 105 cm³/mol. The Hall–Kier alpha value is -1.56. The normalized spacial score (nSPS) is 23.7. The van der Waals surface area contributed by atoms with E-state index < -0.39 is 0 Å². The lowest BCUT2D eigenvalue weighted by molar-refractivity contribution is -0.123. The van der Waals surface area contributed by atoms with Crippen molar-refractivity contribution in [1.29, 1.82) is 0 Å². The molecule has 1 aromatic carbocycles. The summed E-state index contributed by atoms with van der Waals surface area (Å²) in [6.45, 7) is 4.84. The second-order valence-electron chi connectivity index (χ2n) is 7.39. The van der Waals surface area contributed by atoms with E-state index in [-0.39, 0.29) is 24.4 Å². The fraction of sp³-hybridized carbons (Fsp3) is 0.550. The Kier molecular flexibility index (Phi) is 6.57. The summed E-state index contributed by atoms with van der Waals surface area (Å²) in [6, 6.07) is 8.24. The van der Waals surface area contributed by atoms with Crippen molar-refractivity contribution in [3.63, 3.8) is 0 Å². The maximum absolute atomic E-state index is 12.2. The van der Waals surface area contributed by atoms with Crippen LogP contribution in [-0.2, 0) is 11.3 Å². The molecule has 1 amide bonds. The lowest BCUT2D eigenvalue weighted by Crippen LogP contribution is -2.45. The van der Waals surface area contributed by atoms with E-state index in [1.165, 1.54) is 23.8 Å². The highest BCUT2D eigenvalue weighted by atomic mass is 35.5. The number of likely N-dealkylation sites (tertiary alicyclic amines) is 1. The van der Waals surface area contributed by atoms with Gasteiger partial charge in [0.15, 0.2) is 0 Å². The van der Waals surface area contributed by atoms with Gasteiger partial charge in [-0.15, -0.1) is 12.4 Å². The van der Waals surface area contributed by atoms with Crippen molar-refractivity contribution in [3.05, 3.63) is 36.1 Å². The molecule has 2 aliphatic heterocycles. The molecule has 4 rings (SSSR count). The van der Waals surface area contributed by atoms with E-state index in [2.05, 4.69) is 27.7 Å². The first kappa shape index (κ1) is 19.2. The molecule has 3 heterocycles. The standard InChI is InChI=1S/C20H27N3O2.ClH/c24-20(18-7-3-9-21-18)22-11-15-5-4-10-23(12-15)13-16-14-25-19-8-2-1-6-17(16)19;/h1-2,6,8,14-15,18,21H,3-5,7,9-13H2,(H,22,24);1H. The van der Waals surface area contributed by atoms with Gasteiger partial charge in [-0.3, -0.25) is 9.69 Å². The zero-order chi connectivity index (χ0) is 17.1. The summed E-state index contributed by atoms with van der Waals surface area (Å²) in [7, 11) is 0. The number of para-hydroxylation sites is 1. The van der Waals surface area contributed by atoms with Crippen LogP contribution >= 0.6 is 12.4 Å². The van der Waals surface area contributed by atoms with E-state index in [9.17, 15) is 4.79 Å². The lowest BCUT2D eigenvalue weighted by atomic mass is 9.97. The number of fused-ring (bicyclic) bond motifs is 1. The van der Waals surface area contributed by atoms with E-state index in [0.717, 1.165) is 51.1 Å². The molecule has 2 saturated heterocycles. The van der Waals surface area contributed by atoms with Gasteiger partial charge in [0, 0.05) is 30.6 Å². The lowest BCUT2D eigenvalue weighted by Gasteiger charge is -2.32. The van der Waals surface area contributed by atoms with Crippen LogP contribution in [0.15, 0.2) is 34.9 Å². The Morgan fingerprint density at radius 3 is 3.00 bits per heavy atom. The van der Waals surface area contributed by atoms with Crippen LogP contribution in [0.4, 0.5) is 0 Å². The van der Waals surface area contributed by atoms with Crippen molar-refractivity contribution >= 4 is 29.3 Å². The first-order valence-corrected chi connectivity index (χ1v) is 9.48. The molecule has 2 atom stereocenters. The number of benzene rings is 1. The topological polar surface area (TPSA) is 57.5 Å². The molecule has 0 aliphatic carbocycles. The van der Waals surface area contributed by atoms with Crippen LogP contribution in [0.25, 0.3) is 11.0 Å². The van der Waals surface area contributed by atoms with Crippen LogP contribution in [-0.4, -0.2) is 43.0 Å². The third kappa shape index (κ3) is 4.40. The van der Waals surface area contributed by atoms with Crippen LogP contribution in [0.5, 0.6) is 0 Å². The van der Waals surface area contributed by atoms with Crippen molar-refractivity contribution in [1.82, 2.24) is 15.5 Å². The summed E-state index contributed by atoms with van der Waals surface area (Å²) in [5, 5.41) is 7.64. The van der Waals surface area contributed by atoms with E-state index in [0.29, 0.717) is 5.92 Å². The third-order valence-electron chi connectivity index (χ3n) is 5.50. The molecule has 2 aliphatic rings. The highest BCUT2D eigenvalue weighted by molar-refractivity contribution is 5.85. The van der Waals surface area contributed by atoms with Crippen LogP contribution in [0, 0.1) is 5.92 Å². The monoisotopic (exact) mass is 377 g/mol. The van der Waals surface area contributed by atoms with Gasteiger partial charge in [0.1, 0.15) is 5.58 Å². The molecule has 2 aromatic rings. The average Bonchev–Trinajstić information content (AvgIpc) is 3.31. The fourth-order valence-electron chi connectivity index (χ4n) is 4.13.